The number of carbonyl (C=O) groups excluding carboxylic acids is 2. The van der Waals surface area contributed by atoms with Gasteiger partial charge in [-0.15, -0.1) is 0 Å². The van der Waals surface area contributed by atoms with Crippen molar-refractivity contribution in [2.24, 2.45) is 0 Å². The number of nitrogens with zero attached hydrogens (tertiary/aromatic N) is 1. The van der Waals surface area contributed by atoms with Crippen LogP contribution in [-0.4, -0.2) is 35.2 Å². The van der Waals surface area contributed by atoms with E-state index < -0.39 is 23.6 Å². The van der Waals surface area contributed by atoms with E-state index in [1.165, 1.54) is 4.90 Å². The first-order chi connectivity index (χ1) is 10.3. The Labute approximate surface area is 135 Å². The minimum Gasteiger partial charge on any atom is -0.449 e. The van der Waals surface area contributed by atoms with Crippen molar-refractivity contribution in [2.75, 3.05) is 12.6 Å². The zero-order valence-corrected chi connectivity index (χ0v) is 13.7. The summed E-state index contributed by atoms with van der Waals surface area (Å²) in [6.45, 7) is 6.06. The van der Waals surface area contributed by atoms with Crippen LogP contribution in [0.2, 0.25) is 0 Å². The lowest BCUT2D eigenvalue weighted by molar-refractivity contribution is -0.144. The predicted molar refractivity (Wildman–Crippen MR) is 82.6 cm³/mol. The lowest BCUT2D eigenvalue weighted by atomic mass is 9.90. The zero-order valence-electron chi connectivity index (χ0n) is 13.0. The molecule has 1 unspecified atom stereocenters. The van der Waals surface area contributed by atoms with E-state index in [0.29, 0.717) is 6.54 Å². The SMILES string of the molecule is CC(C)(C)OC(=O)N1Cc2ccccc2C(C(=O)OCCl)C1. The fourth-order valence-electron chi connectivity index (χ4n) is 2.43. The molecule has 0 fully saturated rings. The molecule has 0 spiro atoms. The Balaban J connectivity index is 2.24. The first-order valence-corrected chi connectivity index (χ1v) is 7.63. The topological polar surface area (TPSA) is 55.8 Å². The summed E-state index contributed by atoms with van der Waals surface area (Å²) >= 11 is 5.48. The van der Waals surface area contributed by atoms with Gasteiger partial charge in [0.1, 0.15) is 5.60 Å². The molecule has 1 aromatic rings. The molecule has 1 amide bonds. The highest BCUT2D eigenvalue weighted by Crippen LogP contribution is 2.30. The van der Waals surface area contributed by atoms with Crippen LogP contribution in [-0.2, 0) is 20.8 Å². The second-order valence-electron chi connectivity index (χ2n) is 6.18. The molecule has 0 saturated carbocycles. The van der Waals surface area contributed by atoms with Gasteiger partial charge >= 0.3 is 12.1 Å². The molecule has 0 bridgehead atoms. The predicted octanol–water partition coefficient (Wildman–Crippen LogP) is 3.26. The van der Waals surface area contributed by atoms with Crippen LogP contribution in [0, 0.1) is 0 Å². The maximum Gasteiger partial charge on any atom is 0.410 e. The number of carbonyl (C=O) groups is 2. The van der Waals surface area contributed by atoms with Crippen LogP contribution in [0.5, 0.6) is 0 Å². The van der Waals surface area contributed by atoms with E-state index in [1.807, 2.05) is 45.0 Å². The highest BCUT2D eigenvalue weighted by Gasteiger charge is 2.35. The molecule has 1 aliphatic rings. The number of ether oxygens (including phenoxy) is 2. The van der Waals surface area contributed by atoms with Gasteiger partial charge in [0.2, 0.25) is 0 Å². The molecular weight excluding hydrogens is 306 g/mol. The molecule has 1 atom stereocenters. The van der Waals surface area contributed by atoms with Crippen molar-refractivity contribution in [2.45, 2.75) is 38.8 Å². The number of hydrogen-bond acceptors (Lipinski definition) is 4. The summed E-state index contributed by atoms with van der Waals surface area (Å²) in [6, 6.07) is 7.31. The second kappa shape index (κ2) is 6.57. The summed E-state index contributed by atoms with van der Waals surface area (Å²) in [7, 11) is 0. The van der Waals surface area contributed by atoms with Crippen LogP contribution >= 0.6 is 11.6 Å². The molecule has 0 saturated heterocycles. The molecule has 6 heteroatoms. The first-order valence-electron chi connectivity index (χ1n) is 7.10. The van der Waals surface area contributed by atoms with Gasteiger partial charge in [0.25, 0.3) is 0 Å². The third-order valence-electron chi connectivity index (χ3n) is 3.33. The third kappa shape index (κ3) is 3.91. The molecule has 1 heterocycles. The van der Waals surface area contributed by atoms with Crippen molar-refractivity contribution < 1.29 is 19.1 Å². The van der Waals surface area contributed by atoms with E-state index in [0.717, 1.165) is 11.1 Å². The molecule has 2 rings (SSSR count). The van der Waals surface area contributed by atoms with Crippen molar-refractivity contribution >= 4 is 23.7 Å². The quantitative estimate of drug-likeness (QED) is 0.618. The van der Waals surface area contributed by atoms with Gasteiger partial charge in [0, 0.05) is 13.1 Å². The normalized spacial score (nSPS) is 17.6. The van der Waals surface area contributed by atoms with Gasteiger partial charge in [0.05, 0.1) is 5.92 Å². The molecule has 120 valence electrons. The number of alkyl halides is 1. The molecule has 1 aliphatic heterocycles. The summed E-state index contributed by atoms with van der Waals surface area (Å²) in [5.74, 6) is -0.980. The number of halogens is 1. The number of amides is 1. The molecule has 0 N–H and O–H groups in total. The van der Waals surface area contributed by atoms with E-state index in [2.05, 4.69) is 0 Å². The van der Waals surface area contributed by atoms with Gasteiger partial charge in [-0.25, -0.2) is 4.79 Å². The standard InChI is InChI=1S/C16H20ClNO4/c1-16(2,3)22-15(20)18-8-11-6-4-5-7-12(11)13(9-18)14(19)21-10-17/h4-7,13H,8-10H2,1-3H3. The number of esters is 1. The third-order valence-corrected chi connectivity index (χ3v) is 3.44. The Hall–Kier alpha value is -1.75. The molecule has 0 radical (unpaired) electrons. The maximum atomic E-state index is 12.3. The van der Waals surface area contributed by atoms with Crippen molar-refractivity contribution in [1.82, 2.24) is 4.90 Å². The first kappa shape index (κ1) is 16.6. The van der Waals surface area contributed by atoms with Crippen LogP contribution < -0.4 is 0 Å². The summed E-state index contributed by atoms with van der Waals surface area (Å²) in [6.07, 6.45) is -0.439. The fraction of sp³-hybridized carbons (Fsp3) is 0.500. The second-order valence-corrected chi connectivity index (χ2v) is 6.40. The Kier molecular flexibility index (Phi) is 4.96. The van der Waals surface area contributed by atoms with E-state index in [9.17, 15) is 9.59 Å². The molecular formula is C16H20ClNO4. The zero-order chi connectivity index (χ0) is 16.3. The van der Waals surface area contributed by atoms with Crippen LogP contribution in [0.3, 0.4) is 0 Å². The summed E-state index contributed by atoms with van der Waals surface area (Å²) in [5.41, 5.74) is 1.20. The van der Waals surface area contributed by atoms with Crippen molar-refractivity contribution in [3.05, 3.63) is 35.4 Å². The molecule has 0 aromatic heterocycles. The molecule has 0 aliphatic carbocycles. The van der Waals surface area contributed by atoms with E-state index in [-0.39, 0.29) is 12.6 Å². The summed E-state index contributed by atoms with van der Waals surface area (Å²) in [5, 5.41) is 0. The van der Waals surface area contributed by atoms with E-state index in [1.54, 1.807) is 0 Å². The smallest absolute Gasteiger partial charge is 0.410 e. The van der Waals surface area contributed by atoms with Crippen LogP contribution in [0.15, 0.2) is 24.3 Å². The highest BCUT2D eigenvalue weighted by molar-refractivity contribution is 6.17. The Morgan fingerprint density at radius 1 is 1.32 bits per heavy atom. The van der Waals surface area contributed by atoms with Crippen molar-refractivity contribution in [3.63, 3.8) is 0 Å². The minimum absolute atomic E-state index is 0.204. The van der Waals surface area contributed by atoms with Gasteiger partial charge < -0.3 is 14.4 Å². The highest BCUT2D eigenvalue weighted by atomic mass is 35.5. The monoisotopic (exact) mass is 325 g/mol. The number of benzene rings is 1. The average Bonchev–Trinajstić information content (AvgIpc) is 2.44. The Morgan fingerprint density at radius 3 is 2.64 bits per heavy atom. The minimum atomic E-state index is -0.583. The van der Waals surface area contributed by atoms with Gasteiger partial charge in [-0.2, -0.15) is 0 Å². The lowest BCUT2D eigenvalue weighted by Crippen LogP contribution is -2.43. The summed E-state index contributed by atoms with van der Waals surface area (Å²) in [4.78, 5) is 25.9. The van der Waals surface area contributed by atoms with E-state index in [4.69, 9.17) is 21.1 Å². The van der Waals surface area contributed by atoms with Crippen molar-refractivity contribution in [1.29, 1.82) is 0 Å². The number of rotatable bonds is 2. The van der Waals surface area contributed by atoms with Crippen LogP contribution in [0.1, 0.15) is 37.8 Å². The fourth-order valence-corrected chi connectivity index (χ4v) is 2.54. The van der Waals surface area contributed by atoms with Gasteiger partial charge in [-0.05, 0) is 31.9 Å². The molecule has 5 nitrogen and oxygen atoms in total. The number of fused-ring (bicyclic) bond motifs is 1. The van der Waals surface area contributed by atoms with Gasteiger partial charge in [-0.1, -0.05) is 35.9 Å². The largest absolute Gasteiger partial charge is 0.449 e. The average molecular weight is 326 g/mol. The molecule has 22 heavy (non-hydrogen) atoms. The maximum absolute atomic E-state index is 12.3. The summed E-state index contributed by atoms with van der Waals surface area (Å²) < 4.78 is 10.3. The van der Waals surface area contributed by atoms with Crippen LogP contribution in [0.4, 0.5) is 4.79 Å². The van der Waals surface area contributed by atoms with Crippen molar-refractivity contribution in [3.8, 4) is 0 Å². The Morgan fingerprint density at radius 2 is 2.00 bits per heavy atom. The Bertz CT molecular complexity index is 568. The van der Waals surface area contributed by atoms with E-state index >= 15 is 0 Å². The van der Waals surface area contributed by atoms with Gasteiger partial charge in [-0.3, -0.25) is 4.79 Å². The van der Waals surface area contributed by atoms with Gasteiger partial charge in [0.15, 0.2) is 6.07 Å². The molecule has 1 aromatic carbocycles. The lowest BCUT2D eigenvalue weighted by Gasteiger charge is -2.34. The van der Waals surface area contributed by atoms with Crippen LogP contribution in [0.25, 0.3) is 0 Å². The number of hydrogen-bond donors (Lipinski definition) is 0.